The molecule has 0 aliphatic carbocycles. The third-order valence-corrected chi connectivity index (χ3v) is 2.68. The van der Waals surface area contributed by atoms with Gasteiger partial charge in [-0.15, -0.1) is 0 Å². The van der Waals surface area contributed by atoms with Gasteiger partial charge in [0.05, 0.1) is 7.11 Å². The quantitative estimate of drug-likeness (QED) is 0.627. The summed E-state index contributed by atoms with van der Waals surface area (Å²) in [4.78, 5) is 10.9. The van der Waals surface area contributed by atoms with Gasteiger partial charge in [-0.25, -0.2) is 13.2 Å². The van der Waals surface area contributed by atoms with Crippen LogP contribution in [-0.4, -0.2) is 13.4 Å². The molecule has 0 saturated carbocycles. The molecular weight excluding hydrogens is 257 g/mol. The number of hydrogen-bond donors (Lipinski definition) is 0. The molecule has 0 saturated heterocycles. The van der Waals surface area contributed by atoms with E-state index in [0.717, 1.165) is 12.1 Å². The van der Waals surface area contributed by atoms with E-state index in [4.69, 9.17) is 4.74 Å². The van der Waals surface area contributed by atoms with Crippen molar-refractivity contribution in [2.75, 3.05) is 7.11 Å². The number of halogens is 3. The molecule has 5 heteroatoms. The van der Waals surface area contributed by atoms with Crippen molar-refractivity contribution in [2.24, 2.45) is 0 Å². The predicted octanol–water partition coefficient (Wildman–Crippen LogP) is 3.59. The number of benzene rings is 2. The Morgan fingerprint density at radius 1 is 1.05 bits per heavy atom. The fourth-order valence-electron chi connectivity index (χ4n) is 1.73. The van der Waals surface area contributed by atoms with Gasteiger partial charge in [-0.2, -0.15) is 0 Å². The molecule has 2 aromatic rings. The topological polar surface area (TPSA) is 26.3 Å². The summed E-state index contributed by atoms with van der Waals surface area (Å²) in [6.07, 6.45) is 0.550. The van der Waals surface area contributed by atoms with Crippen molar-refractivity contribution in [3.8, 4) is 16.9 Å². The lowest BCUT2D eigenvalue weighted by atomic mass is 9.99. The summed E-state index contributed by atoms with van der Waals surface area (Å²) < 4.78 is 44.3. The van der Waals surface area contributed by atoms with Crippen LogP contribution in [-0.2, 0) is 0 Å². The average Bonchev–Trinajstić information content (AvgIpc) is 2.43. The van der Waals surface area contributed by atoms with Crippen LogP contribution in [0.4, 0.5) is 13.2 Å². The Bertz CT molecular complexity index is 616. The Labute approximate surface area is 107 Å². The number of carbonyl (C=O) groups is 1. The lowest BCUT2D eigenvalue weighted by molar-refractivity contribution is 0.112. The molecule has 2 nitrogen and oxygen atoms in total. The molecule has 0 spiro atoms. The van der Waals surface area contributed by atoms with E-state index >= 15 is 0 Å². The van der Waals surface area contributed by atoms with Crippen LogP contribution in [0.2, 0.25) is 0 Å². The molecule has 0 aliphatic heterocycles. The molecule has 0 heterocycles. The largest absolute Gasteiger partial charge is 0.497 e. The number of aldehydes is 1. The smallest absolute Gasteiger partial charge is 0.194 e. The van der Waals surface area contributed by atoms with Gasteiger partial charge in [0.25, 0.3) is 0 Å². The van der Waals surface area contributed by atoms with Gasteiger partial charge in [-0.1, -0.05) is 0 Å². The van der Waals surface area contributed by atoms with E-state index in [2.05, 4.69) is 0 Å². The molecule has 2 aromatic carbocycles. The summed E-state index contributed by atoms with van der Waals surface area (Å²) in [6, 6.07) is 6.13. The molecule has 0 bridgehead atoms. The number of ether oxygens (including phenoxy) is 1. The summed E-state index contributed by atoms with van der Waals surface area (Å²) >= 11 is 0. The van der Waals surface area contributed by atoms with Crippen molar-refractivity contribution >= 4 is 6.29 Å². The number of carbonyl (C=O) groups excluding carboxylic acids is 1. The van der Waals surface area contributed by atoms with Crippen molar-refractivity contribution < 1.29 is 22.7 Å². The van der Waals surface area contributed by atoms with Crippen LogP contribution in [0.25, 0.3) is 11.1 Å². The normalized spacial score (nSPS) is 10.3. The molecule has 0 unspecified atom stereocenters. The third kappa shape index (κ3) is 2.45. The molecule has 0 aromatic heterocycles. The lowest BCUT2D eigenvalue weighted by Gasteiger charge is -2.08. The monoisotopic (exact) mass is 266 g/mol. The summed E-state index contributed by atoms with van der Waals surface area (Å²) in [5.41, 5.74) is 0.566. The van der Waals surface area contributed by atoms with Crippen molar-refractivity contribution in [1.82, 2.24) is 0 Å². The van der Waals surface area contributed by atoms with Gasteiger partial charge < -0.3 is 4.74 Å². The fraction of sp³-hybridized carbons (Fsp3) is 0.0714. The highest BCUT2D eigenvalue weighted by Gasteiger charge is 2.14. The van der Waals surface area contributed by atoms with Crippen molar-refractivity contribution in [2.45, 2.75) is 0 Å². The molecule has 2 rings (SSSR count). The number of methoxy groups -OCH3 is 1. The van der Waals surface area contributed by atoms with Crippen LogP contribution in [0.15, 0.2) is 30.3 Å². The Kier molecular flexibility index (Phi) is 3.55. The highest BCUT2D eigenvalue weighted by atomic mass is 19.2. The third-order valence-electron chi connectivity index (χ3n) is 2.68. The minimum absolute atomic E-state index is 0.0670. The van der Waals surface area contributed by atoms with E-state index in [1.807, 2.05) is 0 Å². The molecule has 0 aliphatic rings. The predicted molar refractivity (Wildman–Crippen MR) is 63.7 cm³/mol. The molecule has 98 valence electrons. The van der Waals surface area contributed by atoms with Gasteiger partial charge in [0.2, 0.25) is 0 Å². The summed E-state index contributed by atoms with van der Waals surface area (Å²) in [5.74, 6) is -3.74. The molecule has 0 amide bonds. The van der Waals surface area contributed by atoms with Crippen LogP contribution >= 0.6 is 0 Å². The van der Waals surface area contributed by atoms with Gasteiger partial charge in [-0.3, -0.25) is 4.79 Å². The van der Waals surface area contributed by atoms with Gasteiger partial charge in [-0.05, 0) is 41.5 Å². The van der Waals surface area contributed by atoms with E-state index in [1.165, 1.54) is 19.2 Å². The maximum absolute atomic E-state index is 13.2. The Morgan fingerprint density at radius 3 is 2.21 bits per heavy atom. The van der Waals surface area contributed by atoms with Crippen LogP contribution < -0.4 is 4.74 Å². The highest BCUT2D eigenvalue weighted by Crippen LogP contribution is 2.29. The van der Waals surface area contributed by atoms with Crippen LogP contribution in [0.5, 0.6) is 5.75 Å². The lowest BCUT2D eigenvalue weighted by Crippen LogP contribution is -1.95. The van der Waals surface area contributed by atoms with E-state index in [9.17, 15) is 18.0 Å². The SMILES string of the molecule is COc1ccc(C=O)c(-c2cc(F)c(F)c(F)c2)c1. The van der Waals surface area contributed by atoms with Crippen molar-refractivity contribution in [3.63, 3.8) is 0 Å². The molecular formula is C14H9F3O2. The fourth-order valence-corrected chi connectivity index (χ4v) is 1.73. The Balaban J connectivity index is 2.66. The highest BCUT2D eigenvalue weighted by molar-refractivity contribution is 5.88. The molecule has 0 radical (unpaired) electrons. The van der Waals surface area contributed by atoms with Gasteiger partial charge in [0.1, 0.15) is 5.75 Å². The van der Waals surface area contributed by atoms with Gasteiger partial charge in [0.15, 0.2) is 23.7 Å². The van der Waals surface area contributed by atoms with Crippen LogP contribution in [0.1, 0.15) is 10.4 Å². The molecule has 0 N–H and O–H groups in total. The maximum Gasteiger partial charge on any atom is 0.194 e. The van der Waals surface area contributed by atoms with E-state index in [1.54, 1.807) is 6.07 Å². The summed E-state index contributed by atoms with van der Waals surface area (Å²) in [6.45, 7) is 0. The summed E-state index contributed by atoms with van der Waals surface area (Å²) in [7, 11) is 1.42. The van der Waals surface area contributed by atoms with Gasteiger partial charge in [0, 0.05) is 5.56 Å². The first-order valence-electron chi connectivity index (χ1n) is 5.35. The van der Waals surface area contributed by atoms with Crippen molar-refractivity contribution in [1.29, 1.82) is 0 Å². The standard InChI is InChI=1S/C14H9F3O2/c1-19-10-3-2-8(7-18)11(6-10)9-4-12(15)14(17)13(16)5-9/h2-7H,1H3. The first-order chi connectivity index (χ1) is 9.06. The number of rotatable bonds is 3. The minimum Gasteiger partial charge on any atom is -0.497 e. The maximum atomic E-state index is 13.2. The summed E-state index contributed by atoms with van der Waals surface area (Å²) in [5, 5.41) is 0. The molecule has 19 heavy (non-hydrogen) atoms. The average molecular weight is 266 g/mol. The zero-order valence-corrected chi connectivity index (χ0v) is 9.91. The van der Waals surface area contributed by atoms with Gasteiger partial charge >= 0.3 is 0 Å². The second-order valence-electron chi connectivity index (χ2n) is 3.82. The first-order valence-corrected chi connectivity index (χ1v) is 5.35. The minimum atomic E-state index is -1.54. The van der Waals surface area contributed by atoms with E-state index in [0.29, 0.717) is 12.0 Å². The van der Waals surface area contributed by atoms with Crippen LogP contribution in [0.3, 0.4) is 0 Å². The Morgan fingerprint density at radius 2 is 1.68 bits per heavy atom. The number of hydrogen-bond acceptors (Lipinski definition) is 2. The van der Waals surface area contributed by atoms with Crippen LogP contribution in [0, 0.1) is 17.5 Å². The first kappa shape index (κ1) is 13.1. The zero-order chi connectivity index (χ0) is 14.0. The van der Waals surface area contributed by atoms with E-state index < -0.39 is 17.5 Å². The molecule has 0 atom stereocenters. The zero-order valence-electron chi connectivity index (χ0n) is 9.91. The Hall–Kier alpha value is -2.30. The molecule has 0 fully saturated rings. The van der Waals surface area contributed by atoms with E-state index in [-0.39, 0.29) is 16.7 Å². The second-order valence-corrected chi connectivity index (χ2v) is 3.82. The van der Waals surface area contributed by atoms with Crippen molar-refractivity contribution in [3.05, 3.63) is 53.3 Å². The second kappa shape index (κ2) is 5.14.